The van der Waals surface area contributed by atoms with Crippen LogP contribution in [0.15, 0.2) is 12.1 Å². The number of aliphatic hydroxyl groups is 2. The van der Waals surface area contributed by atoms with Gasteiger partial charge in [-0.25, -0.2) is 0 Å². The molecular formula is C13H19ClO2. The standard InChI is InChI=1S/C13H19ClO2/c1-8-6-11(12(14)7-9(8)2)4-5-13(16)10(3)15/h6-7,10,13,15-16H,4-5H2,1-3H3. The Morgan fingerprint density at radius 2 is 1.75 bits per heavy atom. The zero-order valence-corrected chi connectivity index (χ0v) is 10.8. The molecule has 3 heteroatoms. The van der Waals surface area contributed by atoms with E-state index in [0.717, 1.165) is 10.6 Å². The third-order valence-electron chi connectivity index (χ3n) is 2.93. The molecule has 2 unspecified atom stereocenters. The van der Waals surface area contributed by atoms with E-state index in [1.165, 1.54) is 11.1 Å². The van der Waals surface area contributed by atoms with Crippen molar-refractivity contribution in [2.75, 3.05) is 0 Å². The minimum Gasteiger partial charge on any atom is -0.391 e. The van der Waals surface area contributed by atoms with E-state index in [9.17, 15) is 10.2 Å². The van der Waals surface area contributed by atoms with Crippen LogP contribution in [0.25, 0.3) is 0 Å². The highest BCUT2D eigenvalue weighted by Crippen LogP contribution is 2.22. The zero-order valence-electron chi connectivity index (χ0n) is 10.00. The number of aryl methyl sites for hydroxylation is 3. The molecule has 16 heavy (non-hydrogen) atoms. The summed E-state index contributed by atoms with van der Waals surface area (Å²) < 4.78 is 0. The third-order valence-corrected chi connectivity index (χ3v) is 3.28. The minimum atomic E-state index is -0.690. The minimum absolute atomic E-state index is 0.528. The summed E-state index contributed by atoms with van der Waals surface area (Å²) in [5.74, 6) is 0. The fourth-order valence-corrected chi connectivity index (χ4v) is 1.89. The predicted octanol–water partition coefficient (Wildman–Crippen LogP) is 2.63. The van der Waals surface area contributed by atoms with Crippen LogP contribution in [0.3, 0.4) is 0 Å². The van der Waals surface area contributed by atoms with Gasteiger partial charge in [0.2, 0.25) is 0 Å². The van der Waals surface area contributed by atoms with E-state index in [2.05, 4.69) is 0 Å². The summed E-state index contributed by atoms with van der Waals surface area (Å²) in [7, 11) is 0. The summed E-state index contributed by atoms with van der Waals surface area (Å²) in [4.78, 5) is 0. The molecule has 0 aliphatic rings. The van der Waals surface area contributed by atoms with Gasteiger partial charge in [-0.2, -0.15) is 0 Å². The number of halogens is 1. The summed E-state index contributed by atoms with van der Waals surface area (Å²) in [6, 6.07) is 3.99. The Balaban J connectivity index is 2.71. The van der Waals surface area contributed by atoms with E-state index in [1.54, 1.807) is 6.92 Å². The quantitative estimate of drug-likeness (QED) is 0.852. The van der Waals surface area contributed by atoms with Crippen LogP contribution in [0, 0.1) is 13.8 Å². The average Bonchev–Trinajstić information content (AvgIpc) is 2.20. The van der Waals surface area contributed by atoms with Gasteiger partial charge in [-0.1, -0.05) is 17.7 Å². The fraction of sp³-hybridized carbons (Fsp3) is 0.538. The molecule has 2 atom stereocenters. The molecule has 0 saturated heterocycles. The first-order chi connectivity index (χ1) is 7.41. The first-order valence-corrected chi connectivity index (χ1v) is 5.91. The lowest BCUT2D eigenvalue weighted by Crippen LogP contribution is -2.22. The van der Waals surface area contributed by atoms with Gasteiger partial charge in [0.15, 0.2) is 0 Å². The van der Waals surface area contributed by atoms with Gasteiger partial charge in [-0.3, -0.25) is 0 Å². The smallest absolute Gasteiger partial charge is 0.0799 e. The Bertz CT molecular complexity index is 361. The Morgan fingerprint density at radius 1 is 1.19 bits per heavy atom. The Kier molecular flexibility index (Phi) is 4.78. The molecule has 2 N–H and O–H groups in total. The zero-order chi connectivity index (χ0) is 12.3. The van der Waals surface area contributed by atoms with Crippen LogP contribution < -0.4 is 0 Å². The SMILES string of the molecule is Cc1cc(Cl)c(CCC(O)C(C)O)cc1C. The Hall–Kier alpha value is -0.570. The van der Waals surface area contributed by atoms with Gasteiger partial charge in [0, 0.05) is 5.02 Å². The predicted molar refractivity (Wildman–Crippen MR) is 66.9 cm³/mol. The summed E-state index contributed by atoms with van der Waals surface area (Å²) in [5.41, 5.74) is 3.40. The summed E-state index contributed by atoms with van der Waals surface area (Å²) >= 11 is 6.12. The van der Waals surface area contributed by atoms with E-state index in [-0.39, 0.29) is 0 Å². The highest BCUT2D eigenvalue weighted by molar-refractivity contribution is 6.31. The van der Waals surface area contributed by atoms with Crippen LogP contribution in [-0.4, -0.2) is 22.4 Å². The van der Waals surface area contributed by atoms with E-state index in [0.29, 0.717) is 12.8 Å². The molecule has 0 radical (unpaired) electrons. The second-order valence-electron chi connectivity index (χ2n) is 4.37. The first-order valence-electron chi connectivity index (χ1n) is 5.53. The monoisotopic (exact) mass is 242 g/mol. The lowest BCUT2D eigenvalue weighted by molar-refractivity contribution is 0.0265. The Labute approximate surface area is 102 Å². The van der Waals surface area contributed by atoms with Crippen LogP contribution in [0.4, 0.5) is 0 Å². The van der Waals surface area contributed by atoms with Gasteiger partial charge < -0.3 is 10.2 Å². The van der Waals surface area contributed by atoms with Crippen LogP contribution in [0.1, 0.15) is 30.0 Å². The molecule has 0 bridgehead atoms. The van der Waals surface area contributed by atoms with Crippen molar-refractivity contribution in [1.29, 1.82) is 0 Å². The van der Waals surface area contributed by atoms with Crippen molar-refractivity contribution in [2.24, 2.45) is 0 Å². The average molecular weight is 243 g/mol. The van der Waals surface area contributed by atoms with Crippen LogP contribution in [0.2, 0.25) is 5.02 Å². The maximum Gasteiger partial charge on any atom is 0.0799 e. The maximum absolute atomic E-state index is 9.51. The van der Waals surface area contributed by atoms with Crippen molar-refractivity contribution < 1.29 is 10.2 Å². The molecule has 1 aromatic rings. The van der Waals surface area contributed by atoms with Crippen molar-refractivity contribution in [3.8, 4) is 0 Å². The molecule has 0 amide bonds. The second kappa shape index (κ2) is 5.67. The summed E-state index contributed by atoms with van der Waals surface area (Å²) in [6.07, 6.45) is -0.158. The maximum atomic E-state index is 9.51. The molecule has 0 aromatic heterocycles. The van der Waals surface area contributed by atoms with Gasteiger partial charge in [0.25, 0.3) is 0 Å². The molecule has 1 rings (SSSR count). The van der Waals surface area contributed by atoms with E-state index in [1.807, 2.05) is 26.0 Å². The summed E-state index contributed by atoms with van der Waals surface area (Å²) in [6.45, 7) is 5.66. The largest absolute Gasteiger partial charge is 0.391 e. The van der Waals surface area contributed by atoms with Gasteiger partial charge in [-0.05, 0) is 56.4 Å². The number of hydrogen-bond acceptors (Lipinski definition) is 2. The summed E-state index contributed by atoms with van der Waals surface area (Å²) in [5, 5.41) is 19.4. The van der Waals surface area contributed by atoms with E-state index < -0.39 is 12.2 Å². The number of aliphatic hydroxyl groups excluding tert-OH is 2. The second-order valence-corrected chi connectivity index (χ2v) is 4.78. The molecule has 90 valence electrons. The highest BCUT2D eigenvalue weighted by Gasteiger charge is 2.12. The fourth-order valence-electron chi connectivity index (χ4n) is 1.58. The normalized spacial score (nSPS) is 14.9. The molecule has 0 spiro atoms. The molecule has 0 fully saturated rings. The van der Waals surface area contributed by atoms with E-state index >= 15 is 0 Å². The van der Waals surface area contributed by atoms with Crippen LogP contribution in [0.5, 0.6) is 0 Å². The van der Waals surface area contributed by atoms with Crippen molar-refractivity contribution in [3.05, 3.63) is 33.8 Å². The molecule has 0 heterocycles. The number of hydrogen-bond donors (Lipinski definition) is 2. The van der Waals surface area contributed by atoms with Crippen LogP contribution in [-0.2, 0) is 6.42 Å². The van der Waals surface area contributed by atoms with Gasteiger partial charge in [0.05, 0.1) is 12.2 Å². The first kappa shape index (κ1) is 13.5. The van der Waals surface area contributed by atoms with Crippen LogP contribution >= 0.6 is 11.6 Å². The number of benzene rings is 1. The molecular weight excluding hydrogens is 224 g/mol. The lowest BCUT2D eigenvalue weighted by atomic mass is 10.0. The molecule has 0 saturated carbocycles. The van der Waals surface area contributed by atoms with Gasteiger partial charge >= 0.3 is 0 Å². The Morgan fingerprint density at radius 3 is 2.31 bits per heavy atom. The molecule has 2 nitrogen and oxygen atoms in total. The molecule has 0 aliphatic carbocycles. The molecule has 1 aromatic carbocycles. The topological polar surface area (TPSA) is 40.5 Å². The third kappa shape index (κ3) is 3.48. The number of rotatable bonds is 4. The van der Waals surface area contributed by atoms with Crippen molar-refractivity contribution in [3.63, 3.8) is 0 Å². The van der Waals surface area contributed by atoms with Gasteiger partial charge in [0.1, 0.15) is 0 Å². The van der Waals surface area contributed by atoms with E-state index in [4.69, 9.17) is 11.6 Å². The highest BCUT2D eigenvalue weighted by atomic mass is 35.5. The van der Waals surface area contributed by atoms with Crippen molar-refractivity contribution in [2.45, 2.75) is 45.8 Å². The molecule has 0 aliphatic heterocycles. The van der Waals surface area contributed by atoms with Crippen molar-refractivity contribution >= 4 is 11.6 Å². The lowest BCUT2D eigenvalue weighted by Gasteiger charge is -2.14. The van der Waals surface area contributed by atoms with Crippen molar-refractivity contribution in [1.82, 2.24) is 0 Å². The van der Waals surface area contributed by atoms with Gasteiger partial charge in [-0.15, -0.1) is 0 Å².